The molecule has 112 valence electrons. The van der Waals surface area contributed by atoms with Gasteiger partial charge in [-0.2, -0.15) is 0 Å². The molecule has 0 aromatic carbocycles. The van der Waals surface area contributed by atoms with Crippen molar-refractivity contribution in [3.63, 3.8) is 0 Å². The van der Waals surface area contributed by atoms with Gasteiger partial charge in [0.15, 0.2) is 5.16 Å². The van der Waals surface area contributed by atoms with Gasteiger partial charge < -0.3 is 10.6 Å². The molecule has 0 saturated heterocycles. The molecule has 5 heteroatoms. The summed E-state index contributed by atoms with van der Waals surface area (Å²) < 4.78 is 0. The van der Waals surface area contributed by atoms with Gasteiger partial charge >= 0.3 is 0 Å². The van der Waals surface area contributed by atoms with Gasteiger partial charge in [-0.15, -0.1) is 0 Å². The van der Waals surface area contributed by atoms with Crippen LogP contribution in [0.4, 0.5) is 11.6 Å². The van der Waals surface area contributed by atoms with E-state index in [0.29, 0.717) is 0 Å². The van der Waals surface area contributed by atoms with Crippen LogP contribution in [0.2, 0.25) is 0 Å². The summed E-state index contributed by atoms with van der Waals surface area (Å²) in [7, 11) is 0. The van der Waals surface area contributed by atoms with Gasteiger partial charge in [0.2, 0.25) is 0 Å². The second kappa shape index (κ2) is 7.72. The second-order valence-corrected chi connectivity index (χ2v) is 6.37. The number of nitrogens with zero attached hydrogens (tertiary/aromatic N) is 2. The molecule has 0 spiro atoms. The van der Waals surface area contributed by atoms with Crippen molar-refractivity contribution < 1.29 is 0 Å². The van der Waals surface area contributed by atoms with Crippen molar-refractivity contribution in [1.29, 1.82) is 0 Å². The lowest BCUT2D eigenvalue weighted by molar-refractivity contribution is 0.439. The first kappa shape index (κ1) is 15.4. The van der Waals surface area contributed by atoms with Crippen LogP contribution in [-0.4, -0.2) is 29.3 Å². The van der Waals surface area contributed by atoms with Gasteiger partial charge in [0.25, 0.3) is 0 Å². The highest BCUT2D eigenvalue weighted by Gasteiger charge is 2.23. The van der Waals surface area contributed by atoms with Crippen LogP contribution in [0.1, 0.15) is 39.5 Å². The average molecular weight is 294 g/mol. The van der Waals surface area contributed by atoms with Crippen LogP contribution < -0.4 is 10.6 Å². The fourth-order valence-electron chi connectivity index (χ4n) is 2.71. The lowest BCUT2D eigenvalue weighted by Gasteiger charge is -2.17. The van der Waals surface area contributed by atoms with Gasteiger partial charge in [-0.25, -0.2) is 9.97 Å². The van der Waals surface area contributed by atoms with E-state index in [9.17, 15) is 0 Å². The van der Waals surface area contributed by atoms with Crippen molar-refractivity contribution in [2.45, 2.75) is 44.7 Å². The lowest BCUT2D eigenvalue weighted by Crippen LogP contribution is -2.17. The molecular weight excluding hydrogens is 268 g/mol. The Kier molecular flexibility index (Phi) is 5.95. The zero-order valence-corrected chi connectivity index (χ0v) is 13.6. The molecule has 0 aliphatic heterocycles. The Bertz CT molecular complexity index is 424. The van der Waals surface area contributed by atoms with E-state index >= 15 is 0 Å². The minimum atomic E-state index is 0.787. The summed E-state index contributed by atoms with van der Waals surface area (Å²) in [5, 5.41) is 7.67. The summed E-state index contributed by atoms with van der Waals surface area (Å²) in [5.74, 6) is 3.49. The van der Waals surface area contributed by atoms with Crippen molar-refractivity contribution >= 4 is 23.4 Å². The van der Waals surface area contributed by atoms with E-state index in [4.69, 9.17) is 0 Å². The summed E-state index contributed by atoms with van der Waals surface area (Å²) >= 11 is 1.59. The van der Waals surface area contributed by atoms with Gasteiger partial charge in [0.1, 0.15) is 11.6 Å². The molecule has 1 aliphatic carbocycles. The molecule has 1 heterocycles. The maximum Gasteiger partial charge on any atom is 0.191 e. The predicted molar refractivity (Wildman–Crippen MR) is 87.6 cm³/mol. The number of hydrogen-bond acceptors (Lipinski definition) is 5. The Hall–Kier alpha value is -0.970. The second-order valence-electron chi connectivity index (χ2n) is 5.60. The zero-order chi connectivity index (χ0) is 14.4. The molecule has 0 amide bonds. The van der Waals surface area contributed by atoms with Crippen LogP contribution >= 0.6 is 11.8 Å². The molecule has 2 unspecified atom stereocenters. The van der Waals surface area contributed by atoms with Crippen molar-refractivity contribution in [3.8, 4) is 0 Å². The molecule has 2 N–H and O–H groups in total. The first-order chi connectivity index (χ1) is 9.72. The third-order valence-corrected chi connectivity index (χ3v) is 4.58. The number of thioether (sulfide) groups is 1. The SMILES string of the molecule is CCCNc1cc(NCC2CCCC2C)nc(SC)n1. The number of hydrogen-bond donors (Lipinski definition) is 2. The maximum absolute atomic E-state index is 4.55. The summed E-state index contributed by atoms with van der Waals surface area (Å²) in [6.45, 7) is 6.49. The van der Waals surface area contributed by atoms with E-state index in [1.54, 1.807) is 11.8 Å². The number of nitrogens with one attached hydrogen (secondary N) is 2. The molecular formula is C15H26N4S. The molecule has 0 radical (unpaired) electrons. The molecule has 0 bridgehead atoms. The minimum Gasteiger partial charge on any atom is -0.370 e. The summed E-state index contributed by atoms with van der Waals surface area (Å²) in [5.41, 5.74) is 0. The maximum atomic E-state index is 4.55. The van der Waals surface area contributed by atoms with Crippen LogP contribution in [0.3, 0.4) is 0 Å². The fraction of sp³-hybridized carbons (Fsp3) is 0.733. The molecule has 1 saturated carbocycles. The fourth-order valence-corrected chi connectivity index (χ4v) is 3.09. The largest absolute Gasteiger partial charge is 0.370 e. The van der Waals surface area contributed by atoms with Crippen molar-refractivity contribution in [1.82, 2.24) is 9.97 Å². The van der Waals surface area contributed by atoms with Crippen molar-refractivity contribution in [3.05, 3.63) is 6.07 Å². The molecule has 1 fully saturated rings. The van der Waals surface area contributed by atoms with Crippen LogP contribution in [0.15, 0.2) is 11.2 Å². The van der Waals surface area contributed by atoms with E-state index in [2.05, 4.69) is 34.4 Å². The summed E-state index contributed by atoms with van der Waals surface area (Å²) in [6.07, 6.45) is 7.20. The number of aromatic nitrogens is 2. The lowest BCUT2D eigenvalue weighted by atomic mass is 9.98. The standard InChI is InChI=1S/C15H26N4S/c1-4-8-16-13-9-14(19-15(18-13)20-3)17-10-12-7-5-6-11(12)2/h9,11-12H,4-8,10H2,1-3H3,(H2,16,17,18,19). The number of anilines is 2. The Morgan fingerprint density at radius 3 is 2.60 bits per heavy atom. The Balaban J connectivity index is 1.98. The summed E-state index contributed by atoms with van der Waals surface area (Å²) in [6, 6.07) is 2.02. The molecule has 1 aromatic heterocycles. The smallest absolute Gasteiger partial charge is 0.191 e. The first-order valence-electron chi connectivity index (χ1n) is 7.63. The average Bonchev–Trinajstić information content (AvgIpc) is 2.88. The third kappa shape index (κ3) is 4.27. The Morgan fingerprint density at radius 2 is 2.00 bits per heavy atom. The zero-order valence-electron chi connectivity index (χ0n) is 12.8. The quantitative estimate of drug-likeness (QED) is 0.590. The Morgan fingerprint density at radius 1 is 1.25 bits per heavy atom. The molecule has 4 nitrogen and oxygen atoms in total. The highest BCUT2D eigenvalue weighted by molar-refractivity contribution is 7.98. The van der Waals surface area contributed by atoms with Gasteiger partial charge in [-0.3, -0.25) is 0 Å². The molecule has 1 aromatic rings. The monoisotopic (exact) mass is 294 g/mol. The topological polar surface area (TPSA) is 49.8 Å². The van der Waals surface area contributed by atoms with E-state index < -0.39 is 0 Å². The number of rotatable bonds is 7. The van der Waals surface area contributed by atoms with Gasteiger partial charge in [0.05, 0.1) is 0 Å². The molecule has 2 atom stereocenters. The molecule has 1 aliphatic rings. The van der Waals surface area contributed by atoms with Crippen LogP contribution in [0.25, 0.3) is 0 Å². The first-order valence-corrected chi connectivity index (χ1v) is 8.86. The van der Waals surface area contributed by atoms with Crippen LogP contribution in [0.5, 0.6) is 0 Å². The van der Waals surface area contributed by atoms with E-state index in [1.165, 1.54) is 19.3 Å². The van der Waals surface area contributed by atoms with Crippen molar-refractivity contribution in [2.24, 2.45) is 11.8 Å². The van der Waals surface area contributed by atoms with Crippen LogP contribution in [0, 0.1) is 11.8 Å². The van der Waals surface area contributed by atoms with Gasteiger partial charge in [-0.1, -0.05) is 38.5 Å². The van der Waals surface area contributed by atoms with E-state index in [1.807, 2.05) is 12.3 Å². The predicted octanol–water partition coefficient (Wildman–Crippen LogP) is 3.87. The summed E-state index contributed by atoms with van der Waals surface area (Å²) in [4.78, 5) is 9.03. The normalized spacial score (nSPS) is 21.9. The van der Waals surface area contributed by atoms with Crippen LogP contribution in [-0.2, 0) is 0 Å². The van der Waals surface area contributed by atoms with Gasteiger partial charge in [-0.05, 0) is 30.9 Å². The van der Waals surface area contributed by atoms with Gasteiger partial charge in [0, 0.05) is 19.2 Å². The van der Waals surface area contributed by atoms with E-state index in [-0.39, 0.29) is 0 Å². The third-order valence-electron chi connectivity index (χ3n) is 4.03. The van der Waals surface area contributed by atoms with Crippen molar-refractivity contribution in [2.75, 3.05) is 30.0 Å². The molecule has 2 rings (SSSR count). The highest BCUT2D eigenvalue weighted by atomic mass is 32.2. The minimum absolute atomic E-state index is 0.787. The highest BCUT2D eigenvalue weighted by Crippen LogP contribution is 2.31. The van der Waals surface area contributed by atoms with E-state index in [0.717, 1.165) is 48.1 Å². The Labute approximate surface area is 126 Å². The molecule has 20 heavy (non-hydrogen) atoms.